The van der Waals surface area contributed by atoms with Crippen LogP contribution in [0.1, 0.15) is 43.0 Å². The van der Waals surface area contributed by atoms with Gasteiger partial charge in [0.15, 0.2) is 17.8 Å². The Balaban J connectivity index is 1.96. The number of para-hydroxylation sites is 1. The molecule has 1 aromatic rings. The van der Waals surface area contributed by atoms with E-state index in [9.17, 15) is 4.79 Å². The van der Waals surface area contributed by atoms with E-state index < -0.39 is 0 Å². The van der Waals surface area contributed by atoms with Crippen LogP contribution in [0.25, 0.3) is 0 Å². The van der Waals surface area contributed by atoms with Gasteiger partial charge in [0, 0.05) is 6.04 Å². The van der Waals surface area contributed by atoms with Crippen LogP contribution in [0.3, 0.4) is 0 Å². The smallest absolute Gasteiger partial charge is 0.171 e. The first-order chi connectivity index (χ1) is 10.3. The van der Waals surface area contributed by atoms with E-state index in [1.54, 1.807) is 6.07 Å². The minimum atomic E-state index is 0.554. The van der Waals surface area contributed by atoms with Gasteiger partial charge in [-0.2, -0.15) is 0 Å². The molecule has 1 aromatic carbocycles. The lowest BCUT2D eigenvalue weighted by atomic mass is 10.0. The highest BCUT2D eigenvalue weighted by atomic mass is 16.5. The minimum absolute atomic E-state index is 0.554. The molecule has 0 N–H and O–H groups in total. The van der Waals surface area contributed by atoms with Crippen molar-refractivity contribution in [2.75, 3.05) is 26.8 Å². The van der Waals surface area contributed by atoms with Crippen molar-refractivity contribution in [3.8, 4) is 11.5 Å². The van der Waals surface area contributed by atoms with Crippen LogP contribution in [0.4, 0.5) is 0 Å². The number of hydrogen-bond donors (Lipinski definition) is 0. The van der Waals surface area contributed by atoms with Crippen LogP contribution in [-0.2, 0) is 0 Å². The van der Waals surface area contributed by atoms with Gasteiger partial charge in [-0.3, -0.25) is 4.79 Å². The molecule has 1 aliphatic rings. The fraction of sp³-hybridized carbons (Fsp3) is 0.588. The molecule has 0 radical (unpaired) electrons. The topological polar surface area (TPSA) is 38.8 Å². The molecule has 1 unspecified atom stereocenters. The Morgan fingerprint density at radius 3 is 2.90 bits per heavy atom. The quantitative estimate of drug-likeness (QED) is 0.723. The van der Waals surface area contributed by atoms with Gasteiger partial charge in [0.2, 0.25) is 0 Å². The summed E-state index contributed by atoms with van der Waals surface area (Å²) in [7, 11) is 2.18. The molecule has 0 saturated carbocycles. The summed E-state index contributed by atoms with van der Waals surface area (Å²) in [6.07, 6.45) is 5.62. The highest BCUT2D eigenvalue weighted by Crippen LogP contribution is 2.31. The summed E-state index contributed by atoms with van der Waals surface area (Å²) in [5, 5.41) is 0. The fourth-order valence-electron chi connectivity index (χ4n) is 2.86. The average molecular weight is 291 g/mol. The second kappa shape index (κ2) is 8.03. The van der Waals surface area contributed by atoms with E-state index in [1.807, 2.05) is 19.1 Å². The summed E-state index contributed by atoms with van der Waals surface area (Å²) < 4.78 is 11.4. The standard InChI is InChI=1S/C17H25NO3/c1-3-20-16-9-6-7-14(13-19)17(16)21-12-10-15-8-4-5-11-18(15)2/h6-7,9,13,15H,3-5,8,10-12H2,1-2H3. The Bertz CT molecular complexity index is 461. The summed E-state index contributed by atoms with van der Waals surface area (Å²) in [4.78, 5) is 13.6. The van der Waals surface area contributed by atoms with Crippen LogP contribution >= 0.6 is 0 Å². The van der Waals surface area contributed by atoms with Crippen molar-refractivity contribution in [3.63, 3.8) is 0 Å². The number of benzene rings is 1. The van der Waals surface area contributed by atoms with Crippen molar-refractivity contribution in [1.29, 1.82) is 0 Å². The van der Waals surface area contributed by atoms with Gasteiger partial charge in [-0.05, 0) is 51.9 Å². The van der Waals surface area contributed by atoms with Crippen molar-refractivity contribution >= 4 is 6.29 Å². The minimum Gasteiger partial charge on any atom is -0.490 e. The van der Waals surface area contributed by atoms with Crippen LogP contribution in [-0.4, -0.2) is 44.0 Å². The van der Waals surface area contributed by atoms with Gasteiger partial charge >= 0.3 is 0 Å². The number of ether oxygens (including phenoxy) is 2. The Hall–Kier alpha value is -1.55. The lowest BCUT2D eigenvalue weighted by Crippen LogP contribution is -2.37. The van der Waals surface area contributed by atoms with Gasteiger partial charge in [-0.1, -0.05) is 12.5 Å². The normalized spacial score (nSPS) is 19.2. The number of rotatable bonds is 7. The summed E-state index contributed by atoms with van der Waals surface area (Å²) in [6.45, 7) is 4.26. The fourth-order valence-corrected chi connectivity index (χ4v) is 2.86. The van der Waals surface area contributed by atoms with Crippen molar-refractivity contribution < 1.29 is 14.3 Å². The first kappa shape index (κ1) is 15.8. The first-order valence-electron chi connectivity index (χ1n) is 7.80. The molecule has 0 bridgehead atoms. The molecule has 21 heavy (non-hydrogen) atoms. The molecule has 1 heterocycles. The Kier molecular flexibility index (Phi) is 6.05. The van der Waals surface area contributed by atoms with Crippen LogP contribution in [0.5, 0.6) is 11.5 Å². The molecule has 4 nitrogen and oxygen atoms in total. The average Bonchev–Trinajstić information content (AvgIpc) is 2.50. The maximum Gasteiger partial charge on any atom is 0.171 e. The number of piperidine rings is 1. The van der Waals surface area contributed by atoms with Crippen molar-refractivity contribution in [3.05, 3.63) is 23.8 Å². The lowest BCUT2D eigenvalue weighted by Gasteiger charge is -2.32. The maximum atomic E-state index is 11.2. The van der Waals surface area contributed by atoms with Gasteiger partial charge in [0.1, 0.15) is 0 Å². The predicted molar refractivity (Wildman–Crippen MR) is 83.4 cm³/mol. The third-order valence-electron chi connectivity index (χ3n) is 4.06. The summed E-state index contributed by atoms with van der Waals surface area (Å²) in [5.74, 6) is 1.23. The van der Waals surface area contributed by atoms with Crippen molar-refractivity contribution in [1.82, 2.24) is 4.90 Å². The third kappa shape index (κ3) is 4.21. The monoisotopic (exact) mass is 291 g/mol. The van der Waals surface area contributed by atoms with Crippen LogP contribution in [0, 0.1) is 0 Å². The highest BCUT2D eigenvalue weighted by Gasteiger charge is 2.19. The Morgan fingerprint density at radius 2 is 2.19 bits per heavy atom. The summed E-state index contributed by atoms with van der Waals surface area (Å²) in [6, 6.07) is 6.00. The van der Waals surface area contributed by atoms with Gasteiger partial charge in [-0.25, -0.2) is 0 Å². The Labute approximate surface area is 127 Å². The zero-order valence-electron chi connectivity index (χ0n) is 13.0. The Morgan fingerprint density at radius 1 is 1.33 bits per heavy atom. The van der Waals surface area contributed by atoms with Gasteiger partial charge in [-0.15, -0.1) is 0 Å². The zero-order valence-corrected chi connectivity index (χ0v) is 13.0. The van der Waals surface area contributed by atoms with E-state index in [0.717, 1.165) is 12.7 Å². The maximum absolute atomic E-state index is 11.2. The van der Waals surface area contributed by atoms with Crippen molar-refractivity contribution in [2.45, 2.75) is 38.6 Å². The summed E-state index contributed by atoms with van der Waals surface area (Å²) in [5.41, 5.74) is 0.554. The lowest BCUT2D eigenvalue weighted by molar-refractivity contribution is 0.111. The zero-order chi connectivity index (χ0) is 15.1. The third-order valence-corrected chi connectivity index (χ3v) is 4.06. The van der Waals surface area contributed by atoms with Gasteiger partial charge in [0.05, 0.1) is 18.8 Å². The molecule has 116 valence electrons. The largest absolute Gasteiger partial charge is 0.490 e. The number of likely N-dealkylation sites (tertiary alicyclic amines) is 1. The van der Waals surface area contributed by atoms with Gasteiger partial charge < -0.3 is 14.4 Å². The van der Waals surface area contributed by atoms with E-state index in [1.165, 1.54) is 25.8 Å². The second-order valence-electron chi connectivity index (χ2n) is 5.49. The van der Waals surface area contributed by atoms with Crippen LogP contribution in [0.2, 0.25) is 0 Å². The molecule has 2 rings (SSSR count). The second-order valence-corrected chi connectivity index (χ2v) is 5.49. The van der Waals surface area contributed by atoms with Crippen LogP contribution < -0.4 is 9.47 Å². The van der Waals surface area contributed by atoms with E-state index in [0.29, 0.717) is 36.3 Å². The predicted octanol–water partition coefficient (Wildman–Crippen LogP) is 3.15. The first-order valence-corrected chi connectivity index (χ1v) is 7.80. The number of hydrogen-bond acceptors (Lipinski definition) is 4. The number of carbonyl (C=O) groups excluding carboxylic acids is 1. The molecule has 1 atom stereocenters. The molecule has 1 aliphatic heterocycles. The van der Waals surface area contributed by atoms with E-state index in [2.05, 4.69) is 11.9 Å². The van der Waals surface area contributed by atoms with Crippen molar-refractivity contribution in [2.24, 2.45) is 0 Å². The number of nitrogens with zero attached hydrogens (tertiary/aromatic N) is 1. The van der Waals surface area contributed by atoms with Crippen LogP contribution in [0.15, 0.2) is 18.2 Å². The molecule has 0 aliphatic carbocycles. The van der Waals surface area contributed by atoms with E-state index in [4.69, 9.17) is 9.47 Å². The molecular weight excluding hydrogens is 266 g/mol. The van der Waals surface area contributed by atoms with E-state index >= 15 is 0 Å². The number of aldehydes is 1. The highest BCUT2D eigenvalue weighted by molar-refractivity contribution is 5.81. The van der Waals surface area contributed by atoms with E-state index in [-0.39, 0.29) is 0 Å². The molecular formula is C17H25NO3. The SMILES string of the molecule is CCOc1cccc(C=O)c1OCCC1CCCCN1C. The molecule has 1 saturated heterocycles. The molecule has 0 spiro atoms. The molecule has 1 fully saturated rings. The molecule has 0 amide bonds. The number of carbonyl (C=O) groups is 1. The summed E-state index contributed by atoms with van der Waals surface area (Å²) >= 11 is 0. The molecule has 0 aromatic heterocycles. The molecule has 4 heteroatoms. The van der Waals surface area contributed by atoms with Gasteiger partial charge in [0.25, 0.3) is 0 Å².